The van der Waals surface area contributed by atoms with Gasteiger partial charge in [-0.3, -0.25) is 4.79 Å². The Hall–Kier alpha value is -2.22. The van der Waals surface area contributed by atoms with Gasteiger partial charge in [0, 0.05) is 29.4 Å². The molecule has 0 fully saturated rings. The molecular weight excluding hydrogens is 462 g/mol. The first-order valence-electron chi connectivity index (χ1n) is 10.5. The number of aromatic nitrogens is 2. The van der Waals surface area contributed by atoms with Crippen molar-refractivity contribution >= 4 is 27.8 Å². The number of rotatable bonds is 3. The van der Waals surface area contributed by atoms with Gasteiger partial charge < -0.3 is 14.2 Å². The lowest BCUT2D eigenvalue weighted by Crippen LogP contribution is -2.36. The minimum atomic E-state index is -0.567. The molecule has 1 aliphatic rings. The number of hydrogen-bond donors (Lipinski definition) is 0. The van der Waals surface area contributed by atoms with Crippen LogP contribution in [0, 0.1) is 0 Å². The highest BCUT2D eigenvalue weighted by molar-refractivity contribution is 9.10. The predicted octanol–water partition coefficient (Wildman–Crippen LogP) is 5.63. The normalized spacial score (nSPS) is 17.1. The summed E-state index contributed by atoms with van der Waals surface area (Å²) in [5.74, 6) is 0.331. The number of carbonyl (C=O) groups excluding carboxylic acids is 2. The van der Waals surface area contributed by atoms with E-state index in [1.54, 1.807) is 4.90 Å². The van der Waals surface area contributed by atoms with E-state index in [9.17, 15) is 9.59 Å². The molecule has 0 radical (unpaired) electrons. The summed E-state index contributed by atoms with van der Waals surface area (Å²) in [4.78, 5) is 31.7. The third kappa shape index (κ3) is 5.93. The lowest BCUT2D eigenvalue weighted by Gasteiger charge is -2.26. The van der Waals surface area contributed by atoms with Gasteiger partial charge in [0.25, 0.3) is 0 Å². The van der Waals surface area contributed by atoms with E-state index in [1.165, 1.54) is 0 Å². The van der Waals surface area contributed by atoms with Gasteiger partial charge in [0.05, 0.1) is 0 Å². The van der Waals surface area contributed by atoms with Crippen molar-refractivity contribution in [3.8, 4) is 0 Å². The molecule has 1 aliphatic heterocycles. The average Bonchev–Trinajstić information content (AvgIpc) is 3.07. The Morgan fingerprint density at radius 1 is 1.23 bits per heavy atom. The Kier molecular flexibility index (Phi) is 6.60. The fourth-order valence-corrected chi connectivity index (χ4v) is 3.92. The number of halogens is 1. The smallest absolute Gasteiger partial charge is 0.410 e. The lowest BCUT2D eigenvalue weighted by molar-refractivity contribution is 0.0235. The first-order chi connectivity index (χ1) is 14.3. The number of benzene rings is 1. The topological polar surface area (TPSA) is 85.5 Å². The van der Waals surface area contributed by atoms with Crippen molar-refractivity contribution < 1.29 is 18.8 Å². The molecule has 0 bridgehead atoms. The molecule has 7 nitrogen and oxygen atoms in total. The van der Waals surface area contributed by atoms with Crippen LogP contribution in [0.4, 0.5) is 4.79 Å². The fraction of sp³-hybridized carbons (Fsp3) is 0.565. The zero-order valence-electron chi connectivity index (χ0n) is 19.0. The maximum Gasteiger partial charge on any atom is 0.410 e. The number of nitrogens with zero attached hydrogens (tertiary/aromatic N) is 3. The van der Waals surface area contributed by atoms with Gasteiger partial charge in [-0.15, -0.1) is 0 Å². The molecule has 0 saturated heterocycles. The Morgan fingerprint density at radius 3 is 2.55 bits per heavy atom. The number of hydrogen-bond acceptors (Lipinski definition) is 6. The number of Topliss-reactive ketones (excluding diaryl/α,β-unsaturated/α-hetero) is 1. The standard InChI is InChI=1S/C23H30BrN3O4/c1-22(2,3)20-25-19(26-31-20)18(28)12-14-9-10-27(21(29)30-23(4,5)6)13-15-11-16(24)7-8-17(14)15/h7-8,11,14H,9-10,12-13H2,1-6H3/t14-/m0/s1. The highest BCUT2D eigenvalue weighted by atomic mass is 79.9. The van der Waals surface area contributed by atoms with E-state index >= 15 is 0 Å². The maximum absolute atomic E-state index is 12.9. The molecule has 3 rings (SSSR count). The third-order valence-corrected chi connectivity index (χ3v) is 5.55. The molecule has 0 unspecified atom stereocenters. The molecule has 168 valence electrons. The van der Waals surface area contributed by atoms with Gasteiger partial charge in [-0.2, -0.15) is 4.98 Å². The number of fused-ring (bicyclic) bond motifs is 1. The average molecular weight is 492 g/mol. The molecule has 1 aromatic heterocycles. The molecule has 8 heteroatoms. The minimum Gasteiger partial charge on any atom is -0.444 e. The molecule has 0 spiro atoms. The van der Waals surface area contributed by atoms with Gasteiger partial charge in [0.2, 0.25) is 17.5 Å². The van der Waals surface area contributed by atoms with Crippen LogP contribution in [0.1, 0.15) is 87.9 Å². The summed E-state index contributed by atoms with van der Waals surface area (Å²) in [6.07, 6.45) is 0.544. The Labute approximate surface area is 191 Å². The third-order valence-electron chi connectivity index (χ3n) is 5.05. The van der Waals surface area contributed by atoms with Crippen LogP contribution in [0.2, 0.25) is 0 Å². The maximum atomic E-state index is 12.9. The van der Waals surface area contributed by atoms with Crippen LogP contribution >= 0.6 is 15.9 Å². The van der Waals surface area contributed by atoms with Crippen molar-refractivity contribution in [2.45, 2.75) is 77.9 Å². The zero-order valence-corrected chi connectivity index (χ0v) is 20.6. The summed E-state index contributed by atoms with van der Waals surface area (Å²) in [6.45, 7) is 12.4. The van der Waals surface area contributed by atoms with E-state index < -0.39 is 5.60 Å². The Morgan fingerprint density at radius 2 is 1.94 bits per heavy atom. The molecule has 1 amide bonds. The van der Waals surface area contributed by atoms with Gasteiger partial charge in [-0.05, 0) is 56.4 Å². The van der Waals surface area contributed by atoms with E-state index in [-0.39, 0.29) is 35.5 Å². The van der Waals surface area contributed by atoms with E-state index in [0.717, 1.165) is 15.6 Å². The second-order valence-electron chi connectivity index (χ2n) is 10.0. The fourth-order valence-electron chi connectivity index (χ4n) is 3.51. The lowest BCUT2D eigenvalue weighted by atomic mass is 9.88. The Bertz CT molecular complexity index is 972. The first-order valence-corrected chi connectivity index (χ1v) is 11.3. The summed E-state index contributed by atoms with van der Waals surface area (Å²) in [6, 6.07) is 5.99. The van der Waals surface area contributed by atoms with Crippen molar-refractivity contribution in [1.29, 1.82) is 0 Å². The SMILES string of the molecule is CC(C)(C)OC(=O)N1CC[C@@H](CC(=O)c2noc(C(C)(C)C)n2)c2ccc(Br)cc2C1. The summed E-state index contributed by atoms with van der Waals surface area (Å²) in [7, 11) is 0. The van der Waals surface area contributed by atoms with E-state index in [2.05, 4.69) is 26.1 Å². The van der Waals surface area contributed by atoms with Crippen molar-refractivity contribution in [2.75, 3.05) is 6.54 Å². The van der Waals surface area contributed by atoms with Crippen LogP contribution in [-0.4, -0.2) is 39.1 Å². The highest BCUT2D eigenvalue weighted by Gasteiger charge is 2.31. The van der Waals surface area contributed by atoms with Crippen LogP contribution in [0.5, 0.6) is 0 Å². The summed E-state index contributed by atoms with van der Waals surface area (Å²) < 4.78 is 11.8. The molecule has 31 heavy (non-hydrogen) atoms. The quantitative estimate of drug-likeness (QED) is 0.517. The largest absolute Gasteiger partial charge is 0.444 e. The van der Waals surface area contributed by atoms with Gasteiger partial charge in [0.1, 0.15) is 5.60 Å². The van der Waals surface area contributed by atoms with Gasteiger partial charge in [-0.25, -0.2) is 4.79 Å². The molecule has 2 heterocycles. The number of amides is 1. The number of ether oxygens (including phenoxy) is 1. The van der Waals surface area contributed by atoms with Crippen molar-refractivity contribution in [2.24, 2.45) is 0 Å². The molecule has 0 aliphatic carbocycles. The van der Waals surface area contributed by atoms with Crippen LogP contribution in [-0.2, 0) is 16.7 Å². The summed E-state index contributed by atoms with van der Waals surface area (Å²) in [5, 5.41) is 3.90. The molecule has 1 aromatic carbocycles. The van der Waals surface area contributed by atoms with E-state index in [1.807, 2.05) is 59.7 Å². The number of ketones is 1. The Balaban J connectivity index is 1.82. The van der Waals surface area contributed by atoms with Crippen molar-refractivity contribution in [1.82, 2.24) is 15.0 Å². The predicted molar refractivity (Wildman–Crippen MR) is 120 cm³/mol. The van der Waals surface area contributed by atoms with Crippen LogP contribution in [0.3, 0.4) is 0 Å². The van der Waals surface area contributed by atoms with Crippen LogP contribution in [0.15, 0.2) is 27.2 Å². The van der Waals surface area contributed by atoms with Gasteiger partial charge >= 0.3 is 6.09 Å². The van der Waals surface area contributed by atoms with Crippen LogP contribution in [0.25, 0.3) is 0 Å². The van der Waals surface area contributed by atoms with Crippen LogP contribution < -0.4 is 0 Å². The number of carbonyl (C=O) groups is 2. The van der Waals surface area contributed by atoms with Crippen molar-refractivity contribution in [3.63, 3.8) is 0 Å². The second kappa shape index (κ2) is 8.73. The zero-order chi connectivity index (χ0) is 23.0. The molecule has 1 atom stereocenters. The first kappa shape index (κ1) is 23.4. The van der Waals surface area contributed by atoms with E-state index in [4.69, 9.17) is 9.26 Å². The monoisotopic (exact) mass is 491 g/mol. The molecule has 0 N–H and O–H groups in total. The summed E-state index contributed by atoms with van der Waals surface area (Å²) in [5.41, 5.74) is 1.17. The molecule has 2 aromatic rings. The van der Waals surface area contributed by atoms with Gasteiger partial charge in [-0.1, -0.05) is 47.9 Å². The molecule has 0 saturated carbocycles. The van der Waals surface area contributed by atoms with Gasteiger partial charge in [0.15, 0.2) is 0 Å². The van der Waals surface area contributed by atoms with E-state index in [0.29, 0.717) is 25.4 Å². The van der Waals surface area contributed by atoms with Crippen molar-refractivity contribution in [3.05, 3.63) is 45.5 Å². The summed E-state index contributed by atoms with van der Waals surface area (Å²) >= 11 is 3.52. The minimum absolute atomic E-state index is 0.0559. The molecular formula is C23H30BrN3O4. The highest BCUT2D eigenvalue weighted by Crippen LogP contribution is 2.34. The second-order valence-corrected chi connectivity index (χ2v) is 10.9.